The smallest absolute Gasteiger partial charge is 0.214 e. The van der Waals surface area contributed by atoms with Crippen LogP contribution < -0.4 is 4.90 Å². The number of pyridine rings is 1. The van der Waals surface area contributed by atoms with Crippen molar-refractivity contribution in [3.05, 3.63) is 24.3 Å². The molecule has 1 aromatic rings. The van der Waals surface area contributed by atoms with Gasteiger partial charge in [0.1, 0.15) is 0 Å². The Balaban J connectivity index is 2.13. The first-order chi connectivity index (χ1) is 6.77. The van der Waals surface area contributed by atoms with E-state index in [0.717, 1.165) is 11.4 Å². The predicted molar refractivity (Wildman–Crippen MR) is 58.3 cm³/mol. The summed E-state index contributed by atoms with van der Waals surface area (Å²) >= 11 is 1.96. The Labute approximate surface area is 87.5 Å². The number of hydrogen-bond acceptors (Lipinski definition) is 3. The highest BCUT2D eigenvalue weighted by molar-refractivity contribution is 7.99. The van der Waals surface area contributed by atoms with Crippen molar-refractivity contribution in [2.24, 2.45) is 0 Å². The maximum Gasteiger partial charge on any atom is 0.214 e. The number of nitrogens with zero attached hydrogens (tertiary/aromatic N) is 2. The molecular formula is C10H13FN2S. The normalized spacial score (nSPS) is 21.1. The van der Waals surface area contributed by atoms with Crippen LogP contribution in [-0.2, 0) is 0 Å². The van der Waals surface area contributed by atoms with Crippen LogP contribution in [0.25, 0.3) is 0 Å². The molecule has 0 saturated carbocycles. The molecule has 0 spiro atoms. The third kappa shape index (κ3) is 2.00. The van der Waals surface area contributed by atoms with Crippen molar-refractivity contribution < 1.29 is 4.39 Å². The van der Waals surface area contributed by atoms with Gasteiger partial charge in [-0.3, -0.25) is 0 Å². The number of hydrogen-bond donors (Lipinski definition) is 0. The van der Waals surface area contributed by atoms with E-state index < -0.39 is 5.95 Å². The summed E-state index contributed by atoms with van der Waals surface area (Å²) in [4.78, 5) is 5.69. The van der Waals surface area contributed by atoms with Crippen LogP contribution in [0.5, 0.6) is 0 Å². The summed E-state index contributed by atoms with van der Waals surface area (Å²) in [6.07, 6.45) is 2.70. The largest absolute Gasteiger partial charge is 0.371 e. The lowest BCUT2D eigenvalue weighted by Crippen LogP contribution is -2.31. The van der Waals surface area contributed by atoms with E-state index in [-0.39, 0.29) is 0 Å². The maximum atomic E-state index is 12.9. The van der Waals surface area contributed by atoms with Gasteiger partial charge >= 0.3 is 0 Å². The zero-order chi connectivity index (χ0) is 9.97. The highest BCUT2D eigenvalue weighted by Crippen LogP contribution is 2.25. The second-order valence-electron chi connectivity index (χ2n) is 3.47. The lowest BCUT2D eigenvalue weighted by Gasteiger charge is -2.25. The second kappa shape index (κ2) is 4.17. The molecule has 2 nitrogen and oxygen atoms in total. The first kappa shape index (κ1) is 9.77. The molecule has 0 aromatic carbocycles. The molecule has 1 atom stereocenters. The first-order valence-corrected chi connectivity index (χ1v) is 5.85. The van der Waals surface area contributed by atoms with Gasteiger partial charge in [0.05, 0.1) is 0 Å². The van der Waals surface area contributed by atoms with Crippen LogP contribution >= 0.6 is 11.8 Å². The van der Waals surface area contributed by atoms with Crippen molar-refractivity contribution >= 4 is 17.4 Å². The molecule has 1 aliphatic rings. The Morgan fingerprint density at radius 1 is 1.64 bits per heavy atom. The highest BCUT2D eigenvalue weighted by Gasteiger charge is 2.20. The minimum Gasteiger partial charge on any atom is -0.371 e. The quantitative estimate of drug-likeness (QED) is 0.699. The molecule has 1 aliphatic heterocycles. The molecule has 0 amide bonds. The van der Waals surface area contributed by atoms with Crippen LogP contribution in [0.1, 0.15) is 6.42 Å². The molecule has 1 fully saturated rings. The van der Waals surface area contributed by atoms with Gasteiger partial charge in [0.15, 0.2) is 0 Å². The van der Waals surface area contributed by atoms with Gasteiger partial charge in [0.25, 0.3) is 0 Å². The summed E-state index contributed by atoms with van der Waals surface area (Å²) in [6, 6.07) is 3.89. The van der Waals surface area contributed by atoms with Crippen LogP contribution in [-0.4, -0.2) is 29.6 Å². The number of anilines is 1. The van der Waals surface area contributed by atoms with Crippen molar-refractivity contribution in [3.8, 4) is 0 Å². The van der Waals surface area contributed by atoms with Crippen LogP contribution in [0.3, 0.4) is 0 Å². The van der Waals surface area contributed by atoms with E-state index in [1.807, 2.05) is 24.9 Å². The van der Waals surface area contributed by atoms with Crippen molar-refractivity contribution in [1.29, 1.82) is 0 Å². The van der Waals surface area contributed by atoms with E-state index >= 15 is 0 Å². The standard InChI is InChI=1S/C10H13FN2S/c1-13(9-3-5-14-7-9)8-2-4-12-10(11)6-8/h2,4,6,9H,3,5,7H2,1H3. The first-order valence-electron chi connectivity index (χ1n) is 4.69. The molecule has 2 rings (SSSR count). The van der Waals surface area contributed by atoms with Crippen LogP contribution in [0, 0.1) is 5.95 Å². The molecular weight excluding hydrogens is 199 g/mol. The van der Waals surface area contributed by atoms with E-state index in [0.29, 0.717) is 6.04 Å². The highest BCUT2D eigenvalue weighted by atomic mass is 32.2. The molecule has 0 bridgehead atoms. The molecule has 0 N–H and O–H groups in total. The van der Waals surface area contributed by atoms with Crippen molar-refractivity contribution in [2.45, 2.75) is 12.5 Å². The van der Waals surface area contributed by atoms with Gasteiger partial charge in [0, 0.05) is 36.8 Å². The Bertz CT molecular complexity index is 313. The summed E-state index contributed by atoms with van der Waals surface area (Å²) in [5.74, 6) is 1.95. The fourth-order valence-electron chi connectivity index (χ4n) is 1.65. The van der Waals surface area contributed by atoms with Gasteiger partial charge in [-0.15, -0.1) is 0 Å². The van der Waals surface area contributed by atoms with Gasteiger partial charge in [0.2, 0.25) is 5.95 Å². The number of rotatable bonds is 2. The molecule has 14 heavy (non-hydrogen) atoms. The van der Waals surface area contributed by atoms with E-state index in [1.165, 1.54) is 24.4 Å². The second-order valence-corrected chi connectivity index (χ2v) is 4.61. The zero-order valence-electron chi connectivity index (χ0n) is 8.11. The zero-order valence-corrected chi connectivity index (χ0v) is 8.93. The summed E-state index contributed by atoms with van der Waals surface area (Å²) in [6.45, 7) is 0. The fourth-order valence-corrected chi connectivity index (χ4v) is 2.92. The van der Waals surface area contributed by atoms with Gasteiger partial charge in [-0.2, -0.15) is 16.2 Å². The van der Waals surface area contributed by atoms with Gasteiger partial charge in [-0.25, -0.2) is 4.98 Å². The molecule has 76 valence electrons. The summed E-state index contributed by atoms with van der Waals surface area (Å²) in [7, 11) is 2.02. The van der Waals surface area contributed by atoms with Crippen LogP contribution in [0.15, 0.2) is 18.3 Å². The lowest BCUT2D eigenvalue weighted by molar-refractivity contribution is 0.581. The average Bonchev–Trinajstić information content (AvgIpc) is 2.69. The predicted octanol–water partition coefficient (Wildman–Crippen LogP) is 2.16. The van der Waals surface area contributed by atoms with Gasteiger partial charge in [-0.05, 0) is 18.2 Å². The summed E-state index contributed by atoms with van der Waals surface area (Å²) < 4.78 is 12.9. The van der Waals surface area contributed by atoms with Gasteiger partial charge in [-0.1, -0.05) is 0 Å². The van der Waals surface area contributed by atoms with Crippen LogP contribution in [0.4, 0.5) is 10.1 Å². The SMILES string of the molecule is CN(c1ccnc(F)c1)C1CCSC1. The van der Waals surface area contributed by atoms with E-state index in [9.17, 15) is 4.39 Å². The summed E-state index contributed by atoms with van der Waals surface area (Å²) in [5, 5.41) is 0. The number of halogens is 1. The third-order valence-electron chi connectivity index (χ3n) is 2.57. The van der Waals surface area contributed by atoms with Gasteiger partial charge < -0.3 is 4.90 Å². The number of thioether (sulfide) groups is 1. The monoisotopic (exact) mass is 212 g/mol. The van der Waals surface area contributed by atoms with E-state index in [1.54, 1.807) is 0 Å². The number of aromatic nitrogens is 1. The molecule has 1 aromatic heterocycles. The topological polar surface area (TPSA) is 16.1 Å². The molecule has 1 saturated heterocycles. The molecule has 4 heteroatoms. The van der Waals surface area contributed by atoms with E-state index in [2.05, 4.69) is 9.88 Å². The Morgan fingerprint density at radius 2 is 2.50 bits per heavy atom. The summed E-state index contributed by atoms with van der Waals surface area (Å²) in [5.41, 5.74) is 0.921. The Hall–Kier alpha value is -0.770. The molecule has 1 unspecified atom stereocenters. The van der Waals surface area contributed by atoms with Crippen molar-refractivity contribution in [3.63, 3.8) is 0 Å². The Morgan fingerprint density at radius 3 is 3.14 bits per heavy atom. The van der Waals surface area contributed by atoms with Crippen LogP contribution in [0.2, 0.25) is 0 Å². The molecule has 0 aliphatic carbocycles. The molecule has 0 radical (unpaired) electrons. The van der Waals surface area contributed by atoms with E-state index in [4.69, 9.17) is 0 Å². The minimum atomic E-state index is -0.403. The third-order valence-corrected chi connectivity index (χ3v) is 3.72. The Kier molecular flexibility index (Phi) is 2.91. The molecule has 2 heterocycles. The minimum absolute atomic E-state index is 0.403. The maximum absolute atomic E-state index is 12.9. The lowest BCUT2D eigenvalue weighted by atomic mass is 10.2. The van der Waals surface area contributed by atoms with Crippen molar-refractivity contribution in [2.75, 3.05) is 23.5 Å². The van der Waals surface area contributed by atoms with Crippen molar-refractivity contribution in [1.82, 2.24) is 4.98 Å². The average molecular weight is 212 g/mol. The fraction of sp³-hybridized carbons (Fsp3) is 0.500.